The Hall–Kier alpha value is -4.12. The SMILES string of the molecule is Cc1cc(CC(C)(C)C(F)(F)F)cc(C)c1-c1cc2c(-c3cc(C(C)(C)C)c4ccccc4c3)nc3ccccc3c2o1. The van der Waals surface area contributed by atoms with Gasteiger partial charge in [0.1, 0.15) is 11.3 Å². The van der Waals surface area contributed by atoms with Crippen molar-refractivity contribution < 1.29 is 17.6 Å². The number of nitrogens with zero attached hydrogens (tertiary/aromatic N) is 1. The van der Waals surface area contributed by atoms with Crippen LogP contribution >= 0.6 is 0 Å². The van der Waals surface area contributed by atoms with Crippen LogP contribution in [0.2, 0.25) is 0 Å². The van der Waals surface area contributed by atoms with Gasteiger partial charge in [-0.05, 0) is 89.0 Å². The van der Waals surface area contributed by atoms with E-state index in [1.54, 1.807) is 0 Å². The number of alkyl halides is 3. The predicted octanol–water partition coefficient (Wildman–Crippen LogP) is 11.5. The lowest BCUT2D eigenvalue weighted by molar-refractivity contribution is -0.211. The summed E-state index contributed by atoms with van der Waals surface area (Å²) in [4.78, 5) is 5.17. The van der Waals surface area contributed by atoms with E-state index in [4.69, 9.17) is 9.40 Å². The number of pyridine rings is 1. The van der Waals surface area contributed by atoms with E-state index in [0.29, 0.717) is 11.3 Å². The second kappa shape index (κ2) is 9.97. The molecule has 0 atom stereocenters. The van der Waals surface area contributed by atoms with Crippen LogP contribution in [0, 0.1) is 19.3 Å². The number of furan rings is 1. The number of benzene rings is 4. The van der Waals surface area contributed by atoms with Gasteiger partial charge in [0.05, 0.1) is 16.6 Å². The summed E-state index contributed by atoms with van der Waals surface area (Å²) in [6.45, 7) is 13.1. The number of hydrogen-bond acceptors (Lipinski definition) is 2. The largest absolute Gasteiger partial charge is 0.455 e. The molecule has 2 heterocycles. The van der Waals surface area contributed by atoms with Crippen molar-refractivity contribution in [3.63, 3.8) is 0 Å². The Bertz CT molecular complexity index is 2000. The molecule has 4 aromatic carbocycles. The van der Waals surface area contributed by atoms with Crippen molar-refractivity contribution in [3.05, 3.63) is 101 Å². The average molecular weight is 580 g/mol. The minimum absolute atomic E-state index is 0.0796. The molecule has 0 saturated carbocycles. The number of aromatic nitrogens is 1. The number of rotatable bonds is 4. The van der Waals surface area contributed by atoms with Gasteiger partial charge in [0, 0.05) is 21.9 Å². The molecule has 0 fully saturated rings. The van der Waals surface area contributed by atoms with Crippen molar-refractivity contribution in [2.24, 2.45) is 5.41 Å². The number of fused-ring (bicyclic) bond motifs is 4. The molecule has 0 unspecified atom stereocenters. The molecule has 6 aromatic rings. The predicted molar refractivity (Wildman–Crippen MR) is 172 cm³/mol. The summed E-state index contributed by atoms with van der Waals surface area (Å²) in [5.41, 5.74) is 6.13. The molecule has 0 radical (unpaired) electrons. The fraction of sp³-hybridized carbons (Fsp3) is 0.289. The van der Waals surface area contributed by atoms with Gasteiger partial charge in [-0.2, -0.15) is 13.2 Å². The Balaban J connectivity index is 1.57. The number of halogens is 3. The maximum absolute atomic E-state index is 13.6. The normalized spacial score (nSPS) is 13.0. The van der Waals surface area contributed by atoms with Gasteiger partial charge in [0.2, 0.25) is 0 Å². The lowest BCUT2D eigenvalue weighted by atomic mass is 9.82. The second-order valence-corrected chi connectivity index (χ2v) is 13.5. The quantitative estimate of drug-likeness (QED) is 0.208. The fourth-order valence-electron chi connectivity index (χ4n) is 6.28. The third kappa shape index (κ3) is 5.09. The first kappa shape index (κ1) is 29.0. The molecular weight excluding hydrogens is 543 g/mol. The molecule has 0 N–H and O–H groups in total. The Morgan fingerprint density at radius 2 is 1.35 bits per heavy atom. The first-order valence-electron chi connectivity index (χ1n) is 14.7. The lowest BCUT2D eigenvalue weighted by Gasteiger charge is -2.28. The van der Waals surface area contributed by atoms with Crippen molar-refractivity contribution in [1.29, 1.82) is 0 Å². The van der Waals surface area contributed by atoms with E-state index in [-0.39, 0.29) is 11.8 Å². The third-order valence-electron chi connectivity index (χ3n) is 8.56. The van der Waals surface area contributed by atoms with Crippen molar-refractivity contribution in [2.75, 3.05) is 0 Å². The standard InChI is InChI=1S/C38H36F3NO/c1-22-16-24(21-37(6,7)38(39,40)41)17-23(2)33(22)32-20-29-34(42-31-15-11-10-14-28(31)35(29)43-32)26-18-25-12-8-9-13-27(25)30(19-26)36(3,4)5/h8-20H,21H2,1-7H3. The van der Waals surface area contributed by atoms with Crippen LogP contribution in [0.25, 0.3) is 55.2 Å². The number of aryl methyl sites for hydroxylation is 2. The third-order valence-corrected chi connectivity index (χ3v) is 8.56. The maximum Gasteiger partial charge on any atom is 0.394 e. The van der Waals surface area contributed by atoms with Gasteiger partial charge in [0.15, 0.2) is 0 Å². The van der Waals surface area contributed by atoms with Crippen LogP contribution in [-0.2, 0) is 11.8 Å². The summed E-state index contributed by atoms with van der Waals surface area (Å²) in [7, 11) is 0. The number of hydrogen-bond donors (Lipinski definition) is 0. The minimum atomic E-state index is -4.29. The van der Waals surface area contributed by atoms with Gasteiger partial charge >= 0.3 is 6.18 Å². The molecule has 0 aliphatic heterocycles. The maximum atomic E-state index is 13.6. The zero-order valence-corrected chi connectivity index (χ0v) is 25.7. The Morgan fingerprint density at radius 1 is 0.721 bits per heavy atom. The van der Waals surface area contributed by atoms with Crippen LogP contribution in [0.15, 0.2) is 83.3 Å². The molecule has 0 spiro atoms. The molecule has 0 amide bonds. The smallest absolute Gasteiger partial charge is 0.394 e. The van der Waals surface area contributed by atoms with Crippen molar-refractivity contribution in [2.45, 2.75) is 66.5 Å². The molecule has 5 heteroatoms. The summed E-state index contributed by atoms with van der Waals surface area (Å²) in [5, 5.41) is 4.21. The first-order chi connectivity index (χ1) is 20.1. The summed E-state index contributed by atoms with van der Waals surface area (Å²) >= 11 is 0. The highest BCUT2D eigenvalue weighted by molar-refractivity contribution is 6.10. The van der Waals surface area contributed by atoms with Crippen molar-refractivity contribution >= 4 is 32.6 Å². The molecule has 0 saturated heterocycles. The monoisotopic (exact) mass is 579 g/mol. The van der Waals surface area contributed by atoms with E-state index in [1.807, 2.05) is 56.3 Å². The van der Waals surface area contributed by atoms with E-state index in [2.05, 4.69) is 57.2 Å². The van der Waals surface area contributed by atoms with Crippen molar-refractivity contribution in [3.8, 4) is 22.6 Å². The lowest BCUT2D eigenvalue weighted by Crippen LogP contribution is -2.34. The van der Waals surface area contributed by atoms with E-state index in [9.17, 15) is 13.2 Å². The molecule has 220 valence electrons. The summed E-state index contributed by atoms with van der Waals surface area (Å²) in [6, 6.07) is 26.6. The Labute approximate surface area is 250 Å². The van der Waals surface area contributed by atoms with Gasteiger partial charge < -0.3 is 4.42 Å². The van der Waals surface area contributed by atoms with Crippen LogP contribution in [-0.4, -0.2) is 11.2 Å². The molecule has 0 aliphatic carbocycles. The van der Waals surface area contributed by atoms with Crippen LogP contribution < -0.4 is 0 Å². The highest BCUT2D eigenvalue weighted by atomic mass is 19.4. The topological polar surface area (TPSA) is 26.0 Å². The van der Waals surface area contributed by atoms with Crippen LogP contribution in [0.5, 0.6) is 0 Å². The average Bonchev–Trinajstić information content (AvgIpc) is 3.35. The summed E-state index contributed by atoms with van der Waals surface area (Å²) < 4.78 is 47.6. The van der Waals surface area contributed by atoms with E-state index in [1.165, 1.54) is 24.8 Å². The van der Waals surface area contributed by atoms with Crippen LogP contribution in [0.3, 0.4) is 0 Å². The fourth-order valence-corrected chi connectivity index (χ4v) is 6.28. The minimum Gasteiger partial charge on any atom is -0.455 e. The van der Waals surface area contributed by atoms with Crippen LogP contribution in [0.1, 0.15) is 56.9 Å². The van der Waals surface area contributed by atoms with E-state index in [0.717, 1.165) is 55.2 Å². The Morgan fingerprint density at radius 3 is 2.00 bits per heavy atom. The van der Waals surface area contributed by atoms with Gasteiger partial charge in [-0.25, -0.2) is 4.98 Å². The second-order valence-electron chi connectivity index (χ2n) is 13.5. The highest BCUT2D eigenvalue weighted by Gasteiger charge is 2.47. The zero-order valence-electron chi connectivity index (χ0n) is 25.7. The number of para-hydroxylation sites is 1. The zero-order chi connectivity index (χ0) is 30.9. The molecule has 6 rings (SSSR count). The van der Waals surface area contributed by atoms with Crippen LogP contribution in [0.4, 0.5) is 13.2 Å². The molecule has 2 nitrogen and oxygen atoms in total. The molecule has 0 aliphatic rings. The highest BCUT2D eigenvalue weighted by Crippen LogP contribution is 2.44. The van der Waals surface area contributed by atoms with Gasteiger partial charge in [-0.1, -0.05) is 83.1 Å². The van der Waals surface area contributed by atoms with E-state index >= 15 is 0 Å². The molecule has 43 heavy (non-hydrogen) atoms. The first-order valence-corrected chi connectivity index (χ1v) is 14.7. The van der Waals surface area contributed by atoms with Gasteiger partial charge in [0.25, 0.3) is 0 Å². The summed E-state index contributed by atoms with van der Waals surface area (Å²) in [5.74, 6) is 0.683. The summed E-state index contributed by atoms with van der Waals surface area (Å²) in [6.07, 6.45) is -4.37. The Kier molecular flexibility index (Phi) is 6.72. The molecule has 0 bridgehead atoms. The van der Waals surface area contributed by atoms with E-state index < -0.39 is 11.6 Å². The van der Waals surface area contributed by atoms with Gasteiger partial charge in [-0.15, -0.1) is 0 Å². The molecule has 2 aromatic heterocycles. The van der Waals surface area contributed by atoms with Gasteiger partial charge in [-0.3, -0.25) is 0 Å². The molecular formula is C38H36F3NO. The van der Waals surface area contributed by atoms with Crippen molar-refractivity contribution in [1.82, 2.24) is 4.98 Å².